The smallest absolute Gasteiger partial charge is 0.295 e. The normalized spacial score (nSPS) is 21.2. The molecule has 1 saturated carbocycles. The SMILES string of the molecule is COc1ccccc1C(=O)N1C(C(=O)Nc2c(C)n(C)n(-c3ccccc3)c2=O)CC2CCCCC21. The second kappa shape index (κ2) is 9.68. The molecule has 0 bridgehead atoms. The molecule has 2 fully saturated rings. The van der Waals surface area contributed by atoms with Gasteiger partial charge in [-0.25, -0.2) is 4.68 Å². The number of nitrogens with one attached hydrogen (secondary N) is 1. The minimum absolute atomic E-state index is 0.00441. The molecule has 5 rings (SSSR count). The fourth-order valence-corrected chi connectivity index (χ4v) is 5.87. The summed E-state index contributed by atoms with van der Waals surface area (Å²) in [4.78, 5) is 42.7. The summed E-state index contributed by atoms with van der Waals surface area (Å²) in [6.07, 6.45) is 4.60. The van der Waals surface area contributed by atoms with Gasteiger partial charge in [-0.1, -0.05) is 43.2 Å². The Morgan fingerprint density at radius 3 is 2.44 bits per heavy atom. The van der Waals surface area contributed by atoms with Gasteiger partial charge in [0.2, 0.25) is 5.91 Å². The standard InChI is InChI=1S/C28H32N4O4/c1-18-25(28(35)32(30(18)2)20-12-5-4-6-13-20)29-26(33)23-17-19-11-7-9-15-22(19)31(23)27(34)21-14-8-10-16-24(21)36-3/h4-6,8,10,12-14,16,19,22-23H,7,9,11,15,17H2,1-3H3,(H,29,33). The van der Waals surface area contributed by atoms with Gasteiger partial charge in [-0.05, 0) is 56.4 Å². The third-order valence-corrected chi connectivity index (χ3v) is 7.76. The summed E-state index contributed by atoms with van der Waals surface area (Å²) in [5.41, 5.74) is 1.76. The van der Waals surface area contributed by atoms with Crippen LogP contribution in [0.5, 0.6) is 5.75 Å². The second-order valence-corrected chi connectivity index (χ2v) is 9.70. The first-order valence-corrected chi connectivity index (χ1v) is 12.5. The van der Waals surface area contributed by atoms with Gasteiger partial charge in [-0.2, -0.15) is 0 Å². The minimum Gasteiger partial charge on any atom is -0.496 e. The van der Waals surface area contributed by atoms with Crippen molar-refractivity contribution in [2.24, 2.45) is 13.0 Å². The number of nitrogens with zero attached hydrogens (tertiary/aromatic N) is 3. The maximum absolute atomic E-state index is 13.8. The lowest BCUT2D eigenvalue weighted by molar-refractivity contribution is -0.120. The van der Waals surface area contributed by atoms with E-state index in [2.05, 4.69) is 5.32 Å². The summed E-state index contributed by atoms with van der Waals surface area (Å²) in [5.74, 6) is 0.240. The molecule has 1 N–H and O–H groups in total. The predicted octanol–water partition coefficient (Wildman–Crippen LogP) is 3.91. The van der Waals surface area contributed by atoms with Crippen LogP contribution in [0.3, 0.4) is 0 Å². The molecule has 0 spiro atoms. The van der Waals surface area contributed by atoms with E-state index in [1.807, 2.05) is 43.3 Å². The molecule has 3 unspecified atom stereocenters. The van der Waals surface area contributed by atoms with Crippen LogP contribution in [0.15, 0.2) is 59.4 Å². The summed E-state index contributed by atoms with van der Waals surface area (Å²) in [7, 11) is 3.33. The van der Waals surface area contributed by atoms with Crippen LogP contribution >= 0.6 is 0 Å². The second-order valence-electron chi connectivity index (χ2n) is 9.70. The van der Waals surface area contributed by atoms with E-state index in [1.165, 1.54) is 4.68 Å². The number of methoxy groups -OCH3 is 1. The Morgan fingerprint density at radius 2 is 1.69 bits per heavy atom. The van der Waals surface area contributed by atoms with Crippen LogP contribution in [0.2, 0.25) is 0 Å². The number of rotatable bonds is 5. The molecular formula is C28H32N4O4. The summed E-state index contributed by atoms with van der Waals surface area (Å²) in [6, 6.07) is 15.8. The van der Waals surface area contributed by atoms with Gasteiger partial charge in [-0.15, -0.1) is 0 Å². The van der Waals surface area contributed by atoms with Gasteiger partial charge in [0.1, 0.15) is 17.5 Å². The van der Waals surface area contributed by atoms with Gasteiger partial charge in [0.15, 0.2) is 0 Å². The number of aromatic nitrogens is 2. The van der Waals surface area contributed by atoms with Crippen LogP contribution < -0.4 is 15.6 Å². The molecule has 188 valence electrons. The zero-order chi connectivity index (χ0) is 25.4. The van der Waals surface area contributed by atoms with E-state index in [9.17, 15) is 14.4 Å². The molecule has 2 aromatic carbocycles. The fraction of sp³-hybridized carbons (Fsp3) is 0.393. The highest BCUT2D eigenvalue weighted by Crippen LogP contribution is 2.41. The molecule has 1 aliphatic carbocycles. The highest BCUT2D eigenvalue weighted by atomic mass is 16.5. The Hall–Kier alpha value is -3.81. The molecule has 3 atom stereocenters. The van der Waals surface area contributed by atoms with Gasteiger partial charge in [0.25, 0.3) is 11.5 Å². The van der Waals surface area contributed by atoms with E-state index in [4.69, 9.17) is 4.74 Å². The number of anilines is 1. The van der Waals surface area contributed by atoms with Crippen molar-refractivity contribution in [1.29, 1.82) is 0 Å². The van der Waals surface area contributed by atoms with Crippen molar-refractivity contribution in [2.45, 2.75) is 51.1 Å². The molecule has 2 heterocycles. The molecule has 36 heavy (non-hydrogen) atoms. The van der Waals surface area contributed by atoms with Crippen LogP contribution in [0.25, 0.3) is 5.69 Å². The number of ether oxygens (including phenoxy) is 1. The van der Waals surface area contributed by atoms with Crippen molar-refractivity contribution in [3.05, 3.63) is 76.2 Å². The first kappa shape index (κ1) is 23.9. The predicted molar refractivity (Wildman–Crippen MR) is 138 cm³/mol. The van der Waals surface area contributed by atoms with Gasteiger partial charge in [-0.3, -0.25) is 19.1 Å². The summed E-state index contributed by atoms with van der Waals surface area (Å²) in [6.45, 7) is 1.81. The van der Waals surface area contributed by atoms with Gasteiger partial charge in [0.05, 0.1) is 24.1 Å². The minimum atomic E-state index is -0.653. The van der Waals surface area contributed by atoms with Crippen molar-refractivity contribution in [1.82, 2.24) is 14.3 Å². The Bertz CT molecular complexity index is 1340. The van der Waals surface area contributed by atoms with Gasteiger partial charge in [0, 0.05) is 13.1 Å². The average molecular weight is 489 g/mol. The van der Waals surface area contributed by atoms with E-state index in [0.717, 1.165) is 25.7 Å². The number of amides is 2. The number of fused-ring (bicyclic) bond motifs is 1. The molecule has 8 nitrogen and oxygen atoms in total. The highest BCUT2D eigenvalue weighted by molar-refractivity contribution is 6.03. The van der Waals surface area contributed by atoms with Gasteiger partial charge >= 0.3 is 0 Å². The molecule has 3 aromatic rings. The zero-order valence-electron chi connectivity index (χ0n) is 20.9. The maximum Gasteiger partial charge on any atom is 0.295 e. The number of para-hydroxylation sites is 2. The lowest BCUT2D eigenvalue weighted by Crippen LogP contribution is -2.48. The van der Waals surface area contributed by atoms with Gasteiger partial charge < -0.3 is 15.0 Å². The summed E-state index contributed by atoms with van der Waals surface area (Å²) in [5, 5.41) is 2.91. The molecule has 2 aliphatic rings. The average Bonchev–Trinajstić information content (AvgIpc) is 3.39. The lowest BCUT2D eigenvalue weighted by Gasteiger charge is -2.34. The zero-order valence-corrected chi connectivity index (χ0v) is 20.9. The Balaban J connectivity index is 1.48. The molecule has 8 heteroatoms. The number of hydrogen-bond acceptors (Lipinski definition) is 4. The van der Waals surface area contributed by atoms with Crippen LogP contribution in [0.1, 0.15) is 48.2 Å². The molecule has 1 aromatic heterocycles. The lowest BCUT2D eigenvalue weighted by atomic mass is 9.84. The number of benzene rings is 2. The van der Waals surface area contributed by atoms with E-state index < -0.39 is 6.04 Å². The molecule has 1 aliphatic heterocycles. The largest absolute Gasteiger partial charge is 0.496 e. The van der Waals surface area contributed by atoms with Crippen molar-refractivity contribution in [3.63, 3.8) is 0 Å². The van der Waals surface area contributed by atoms with E-state index >= 15 is 0 Å². The number of carbonyl (C=O) groups is 2. The van der Waals surface area contributed by atoms with E-state index in [0.29, 0.717) is 29.1 Å². The molecule has 0 radical (unpaired) electrons. The van der Waals surface area contributed by atoms with Crippen LogP contribution in [0.4, 0.5) is 5.69 Å². The van der Waals surface area contributed by atoms with E-state index in [-0.39, 0.29) is 35.0 Å². The highest BCUT2D eigenvalue weighted by Gasteiger charge is 2.48. The first-order chi connectivity index (χ1) is 17.4. The fourth-order valence-electron chi connectivity index (χ4n) is 5.87. The monoisotopic (exact) mass is 488 g/mol. The van der Waals surface area contributed by atoms with Crippen molar-refractivity contribution in [2.75, 3.05) is 12.4 Å². The van der Waals surface area contributed by atoms with Crippen LogP contribution in [-0.4, -0.2) is 45.3 Å². The molecule has 1 saturated heterocycles. The molecule has 2 amide bonds. The van der Waals surface area contributed by atoms with Crippen LogP contribution in [-0.2, 0) is 11.8 Å². The topological polar surface area (TPSA) is 85.6 Å². The van der Waals surface area contributed by atoms with Crippen molar-refractivity contribution >= 4 is 17.5 Å². The third-order valence-electron chi connectivity index (χ3n) is 7.76. The van der Waals surface area contributed by atoms with E-state index in [1.54, 1.807) is 41.9 Å². The quantitative estimate of drug-likeness (QED) is 0.590. The van der Waals surface area contributed by atoms with Crippen molar-refractivity contribution < 1.29 is 14.3 Å². The Labute approximate surface area is 210 Å². The summed E-state index contributed by atoms with van der Waals surface area (Å²) >= 11 is 0. The Kier molecular flexibility index (Phi) is 6.43. The first-order valence-electron chi connectivity index (χ1n) is 12.5. The van der Waals surface area contributed by atoms with Crippen molar-refractivity contribution in [3.8, 4) is 11.4 Å². The summed E-state index contributed by atoms with van der Waals surface area (Å²) < 4.78 is 8.72. The Morgan fingerprint density at radius 1 is 1.00 bits per heavy atom. The number of carbonyl (C=O) groups excluding carboxylic acids is 2. The third kappa shape index (κ3) is 4.00. The van der Waals surface area contributed by atoms with Crippen LogP contribution in [0, 0.1) is 12.8 Å². The maximum atomic E-state index is 13.8. The molecular weight excluding hydrogens is 456 g/mol. The number of hydrogen-bond donors (Lipinski definition) is 1. The number of likely N-dealkylation sites (tertiary alicyclic amines) is 1.